The zero-order chi connectivity index (χ0) is 20.9. The third kappa shape index (κ3) is 3.93. The maximum atomic E-state index is 14.8. The summed E-state index contributed by atoms with van der Waals surface area (Å²) in [4.78, 5) is 16.4. The number of halogens is 1. The highest BCUT2D eigenvalue weighted by atomic mass is 19.1. The predicted octanol–water partition coefficient (Wildman–Crippen LogP) is 3.66. The van der Waals surface area contributed by atoms with Crippen LogP contribution in [0.2, 0.25) is 0 Å². The van der Waals surface area contributed by atoms with Gasteiger partial charge in [-0.15, -0.1) is 0 Å². The van der Waals surface area contributed by atoms with Crippen LogP contribution in [0.3, 0.4) is 0 Å². The SMILES string of the molecule is N=C/C=C(\Nc1ccccc1)c1nn(-c2ccc(-n3ccnc3)cc2F)ccc1=O. The molecule has 0 amide bonds. The van der Waals surface area contributed by atoms with E-state index in [0.717, 1.165) is 11.9 Å². The van der Waals surface area contributed by atoms with E-state index in [9.17, 15) is 9.18 Å². The minimum Gasteiger partial charge on any atom is -0.354 e. The lowest BCUT2D eigenvalue weighted by Gasteiger charge is -2.13. The van der Waals surface area contributed by atoms with Crippen molar-refractivity contribution < 1.29 is 4.39 Å². The molecular weight excluding hydrogens is 383 g/mol. The van der Waals surface area contributed by atoms with Crippen LogP contribution in [-0.4, -0.2) is 25.5 Å². The maximum absolute atomic E-state index is 14.8. The van der Waals surface area contributed by atoms with Gasteiger partial charge in [-0.1, -0.05) is 18.2 Å². The molecule has 7 nitrogen and oxygen atoms in total. The number of rotatable bonds is 6. The van der Waals surface area contributed by atoms with E-state index in [1.807, 2.05) is 30.3 Å². The third-order valence-corrected chi connectivity index (χ3v) is 4.35. The van der Waals surface area contributed by atoms with E-state index < -0.39 is 5.82 Å². The van der Waals surface area contributed by atoms with Crippen LogP contribution in [0.1, 0.15) is 5.69 Å². The van der Waals surface area contributed by atoms with Crippen molar-refractivity contribution in [1.82, 2.24) is 19.3 Å². The molecule has 30 heavy (non-hydrogen) atoms. The fourth-order valence-electron chi connectivity index (χ4n) is 2.92. The number of nitrogens with zero attached hydrogens (tertiary/aromatic N) is 4. The molecule has 2 heterocycles. The molecule has 0 spiro atoms. The Hall–Kier alpha value is -4.33. The Morgan fingerprint density at radius 2 is 1.93 bits per heavy atom. The van der Waals surface area contributed by atoms with Gasteiger partial charge in [-0.3, -0.25) is 4.79 Å². The maximum Gasteiger partial charge on any atom is 0.209 e. The van der Waals surface area contributed by atoms with Gasteiger partial charge in [0.2, 0.25) is 5.43 Å². The van der Waals surface area contributed by atoms with E-state index in [1.165, 1.54) is 29.1 Å². The Morgan fingerprint density at radius 3 is 2.63 bits per heavy atom. The molecule has 148 valence electrons. The summed E-state index contributed by atoms with van der Waals surface area (Å²) >= 11 is 0. The van der Waals surface area contributed by atoms with Gasteiger partial charge >= 0.3 is 0 Å². The monoisotopic (exact) mass is 400 g/mol. The number of anilines is 1. The van der Waals surface area contributed by atoms with Gasteiger partial charge in [0.25, 0.3) is 0 Å². The summed E-state index contributed by atoms with van der Waals surface area (Å²) in [6.07, 6.45) is 8.80. The van der Waals surface area contributed by atoms with Gasteiger partial charge in [0.05, 0.1) is 12.0 Å². The molecule has 4 aromatic rings. The highest BCUT2D eigenvalue weighted by Gasteiger charge is 2.13. The van der Waals surface area contributed by atoms with Gasteiger partial charge in [0.15, 0.2) is 11.5 Å². The number of imidazole rings is 1. The number of benzene rings is 2. The fraction of sp³-hybridized carbons (Fsp3) is 0. The van der Waals surface area contributed by atoms with Crippen molar-refractivity contribution in [3.63, 3.8) is 0 Å². The fourth-order valence-corrected chi connectivity index (χ4v) is 2.92. The van der Waals surface area contributed by atoms with Crippen LogP contribution in [-0.2, 0) is 0 Å². The van der Waals surface area contributed by atoms with Crippen LogP contribution in [0.15, 0.2) is 90.4 Å². The Morgan fingerprint density at radius 1 is 1.10 bits per heavy atom. The molecule has 2 aromatic heterocycles. The number of para-hydroxylation sites is 1. The quantitative estimate of drug-likeness (QED) is 0.484. The highest BCUT2D eigenvalue weighted by molar-refractivity contribution is 5.86. The second-order valence-electron chi connectivity index (χ2n) is 6.32. The van der Waals surface area contributed by atoms with Crippen LogP contribution in [0.5, 0.6) is 0 Å². The Bertz CT molecular complexity index is 1260. The van der Waals surface area contributed by atoms with E-state index in [2.05, 4.69) is 15.4 Å². The van der Waals surface area contributed by atoms with Crippen molar-refractivity contribution in [2.24, 2.45) is 0 Å². The topological polar surface area (TPSA) is 88.6 Å². The van der Waals surface area contributed by atoms with Gasteiger partial charge < -0.3 is 15.3 Å². The summed E-state index contributed by atoms with van der Waals surface area (Å²) in [5.41, 5.74) is 1.60. The van der Waals surface area contributed by atoms with Crippen molar-refractivity contribution >= 4 is 17.6 Å². The summed E-state index contributed by atoms with van der Waals surface area (Å²) < 4.78 is 17.8. The lowest BCUT2D eigenvalue weighted by atomic mass is 10.2. The third-order valence-electron chi connectivity index (χ3n) is 4.35. The van der Waals surface area contributed by atoms with Gasteiger partial charge in [-0.2, -0.15) is 5.10 Å². The zero-order valence-electron chi connectivity index (χ0n) is 15.7. The van der Waals surface area contributed by atoms with Gasteiger partial charge in [-0.25, -0.2) is 14.1 Å². The lowest BCUT2D eigenvalue weighted by molar-refractivity contribution is 0.606. The molecule has 4 rings (SSSR count). The summed E-state index contributed by atoms with van der Waals surface area (Å²) in [5.74, 6) is -0.503. The Labute approximate surface area is 171 Å². The molecule has 0 unspecified atom stereocenters. The lowest BCUT2D eigenvalue weighted by Crippen LogP contribution is -2.19. The predicted molar refractivity (Wildman–Crippen MR) is 114 cm³/mol. The largest absolute Gasteiger partial charge is 0.354 e. The first-order valence-corrected chi connectivity index (χ1v) is 9.07. The summed E-state index contributed by atoms with van der Waals surface area (Å²) in [6, 6.07) is 15.2. The van der Waals surface area contributed by atoms with Crippen LogP contribution in [0.4, 0.5) is 10.1 Å². The van der Waals surface area contributed by atoms with E-state index >= 15 is 0 Å². The molecule has 8 heteroatoms. The molecule has 0 radical (unpaired) electrons. The summed E-state index contributed by atoms with van der Waals surface area (Å²) in [7, 11) is 0. The second-order valence-corrected chi connectivity index (χ2v) is 6.32. The van der Waals surface area contributed by atoms with E-state index in [0.29, 0.717) is 11.4 Å². The Balaban J connectivity index is 1.73. The minimum atomic E-state index is -0.503. The number of hydrogen-bond donors (Lipinski definition) is 2. The van der Waals surface area contributed by atoms with E-state index in [1.54, 1.807) is 35.4 Å². The molecule has 0 saturated heterocycles. The molecule has 2 aromatic carbocycles. The van der Waals surface area contributed by atoms with Crippen LogP contribution >= 0.6 is 0 Å². The smallest absolute Gasteiger partial charge is 0.209 e. The summed E-state index contributed by atoms with van der Waals surface area (Å²) in [6.45, 7) is 0. The molecule has 0 bridgehead atoms. The number of hydrogen-bond acceptors (Lipinski definition) is 5. The van der Waals surface area contributed by atoms with E-state index in [-0.39, 0.29) is 16.8 Å². The molecule has 0 atom stereocenters. The molecule has 0 aliphatic carbocycles. The highest BCUT2D eigenvalue weighted by Crippen LogP contribution is 2.18. The minimum absolute atomic E-state index is 0.0722. The van der Waals surface area contributed by atoms with Crippen molar-refractivity contribution in [3.8, 4) is 11.4 Å². The molecule has 0 aliphatic rings. The van der Waals surface area contributed by atoms with Crippen molar-refractivity contribution in [1.29, 1.82) is 5.41 Å². The van der Waals surface area contributed by atoms with E-state index in [4.69, 9.17) is 5.41 Å². The summed E-state index contributed by atoms with van der Waals surface area (Å²) in [5, 5.41) is 14.8. The second kappa shape index (κ2) is 8.36. The average Bonchev–Trinajstić information content (AvgIpc) is 3.30. The average molecular weight is 400 g/mol. The first-order valence-electron chi connectivity index (χ1n) is 9.07. The Kier molecular flexibility index (Phi) is 5.29. The van der Waals surface area contributed by atoms with Crippen molar-refractivity contribution in [3.05, 3.63) is 107 Å². The van der Waals surface area contributed by atoms with Gasteiger partial charge in [0, 0.05) is 48.3 Å². The number of nitrogens with one attached hydrogen (secondary N) is 2. The zero-order valence-corrected chi connectivity index (χ0v) is 15.7. The number of aromatic nitrogens is 4. The van der Waals surface area contributed by atoms with Crippen LogP contribution in [0.25, 0.3) is 17.1 Å². The molecule has 0 fully saturated rings. The number of allylic oxidation sites excluding steroid dienone is 1. The normalized spacial score (nSPS) is 11.3. The van der Waals surface area contributed by atoms with Crippen LogP contribution in [0, 0.1) is 11.2 Å². The van der Waals surface area contributed by atoms with Gasteiger partial charge in [0.1, 0.15) is 5.69 Å². The standard InChI is InChI=1S/C22H17FN6O/c23-18-14-17(28-13-11-25-15-28)6-7-20(18)29-12-9-21(30)22(27-29)19(8-10-24)26-16-4-2-1-3-5-16/h1-15,24,26H/b19-8-,24-10?. The van der Waals surface area contributed by atoms with Crippen molar-refractivity contribution in [2.45, 2.75) is 0 Å². The van der Waals surface area contributed by atoms with Crippen LogP contribution < -0.4 is 10.7 Å². The van der Waals surface area contributed by atoms with Crippen molar-refractivity contribution in [2.75, 3.05) is 5.32 Å². The molecule has 0 aliphatic heterocycles. The molecule has 2 N–H and O–H groups in total. The van der Waals surface area contributed by atoms with Gasteiger partial charge in [-0.05, 0) is 30.3 Å². The first-order chi connectivity index (χ1) is 14.7. The molecule has 0 saturated carbocycles. The first kappa shape index (κ1) is 19.0. The molecular formula is C22H17FN6O.